The van der Waals surface area contributed by atoms with Crippen LogP contribution in [0.5, 0.6) is 0 Å². The minimum atomic E-state index is 1.09. The van der Waals surface area contributed by atoms with Crippen LogP contribution in [-0.4, -0.2) is 0 Å². The van der Waals surface area contributed by atoms with Crippen molar-refractivity contribution in [2.24, 2.45) is 0 Å². The Labute approximate surface area is 375 Å². The largest absolute Gasteiger partial charge is 0.311 e. The van der Waals surface area contributed by atoms with Crippen LogP contribution in [0.25, 0.3) is 66.1 Å². The van der Waals surface area contributed by atoms with E-state index >= 15 is 0 Å². The Morgan fingerprint density at radius 2 is 0.516 bits per heavy atom. The number of anilines is 6. The molecule has 64 heavy (non-hydrogen) atoms. The minimum absolute atomic E-state index is 1.09. The van der Waals surface area contributed by atoms with Crippen molar-refractivity contribution in [1.29, 1.82) is 0 Å². The molecular weight excluding hydrogens is 773 g/mol. The van der Waals surface area contributed by atoms with Gasteiger partial charge in [0, 0.05) is 33.8 Å². The lowest BCUT2D eigenvalue weighted by molar-refractivity contribution is 1.28. The number of rotatable bonds is 10. The van der Waals surface area contributed by atoms with Crippen molar-refractivity contribution in [1.82, 2.24) is 0 Å². The first kappa shape index (κ1) is 38.5. The molecule has 0 aromatic heterocycles. The van der Waals surface area contributed by atoms with Crippen molar-refractivity contribution in [2.45, 2.75) is 0 Å². The second-order valence-electron chi connectivity index (χ2n) is 16.2. The predicted molar refractivity (Wildman–Crippen MR) is 273 cm³/mol. The Hall–Kier alpha value is -8.46. The highest BCUT2D eigenvalue weighted by Crippen LogP contribution is 2.43. The quantitative estimate of drug-likeness (QED) is 0.127. The van der Waals surface area contributed by atoms with E-state index in [4.69, 9.17) is 0 Å². The molecule has 0 heterocycles. The second kappa shape index (κ2) is 17.1. The molecule has 0 saturated carbocycles. The summed E-state index contributed by atoms with van der Waals surface area (Å²) in [6, 6.07) is 96.2. The highest BCUT2D eigenvalue weighted by atomic mass is 15.1. The van der Waals surface area contributed by atoms with Crippen LogP contribution in [0.4, 0.5) is 34.1 Å². The van der Waals surface area contributed by atoms with Crippen LogP contribution in [-0.2, 0) is 0 Å². The molecule has 302 valence electrons. The van der Waals surface area contributed by atoms with Crippen LogP contribution in [0.3, 0.4) is 0 Å². The van der Waals surface area contributed by atoms with E-state index in [9.17, 15) is 0 Å². The fourth-order valence-corrected chi connectivity index (χ4v) is 9.02. The van der Waals surface area contributed by atoms with Crippen molar-refractivity contribution < 1.29 is 0 Å². The van der Waals surface area contributed by atoms with E-state index < -0.39 is 0 Å². The summed E-state index contributed by atoms with van der Waals surface area (Å²) in [5.74, 6) is 0. The third-order valence-corrected chi connectivity index (χ3v) is 12.2. The molecular formula is C62H44N2. The first-order valence-corrected chi connectivity index (χ1v) is 21.9. The third kappa shape index (κ3) is 7.59. The number of hydrogen-bond acceptors (Lipinski definition) is 2. The van der Waals surface area contributed by atoms with Crippen molar-refractivity contribution in [3.63, 3.8) is 0 Å². The topological polar surface area (TPSA) is 6.48 Å². The molecule has 0 amide bonds. The number of nitrogens with zero attached hydrogens (tertiary/aromatic N) is 2. The average Bonchev–Trinajstić information content (AvgIpc) is 3.38. The van der Waals surface area contributed by atoms with Crippen molar-refractivity contribution in [3.8, 4) is 44.5 Å². The monoisotopic (exact) mass is 816 g/mol. The molecule has 0 aliphatic rings. The van der Waals surface area contributed by atoms with Crippen LogP contribution in [0.1, 0.15) is 0 Å². The molecule has 11 rings (SSSR count). The standard InChI is InChI=1S/C62H44N2/c1-4-15-45(16-5-1)47-27-35-55(36-28-47)63(57-39-33-50(34-40-57)52-21-14-20-51(43-52)46-17-6-2-7-18-46)56-37-29-48(30-38-56)49-31-41-58(42-32-49)64(54-22-8-3-9-23-54)62-44-53-19-10-11-24-59(53)60-25-12-13-26-61(60)62/h1-44H. The van der Waals surface area contributed by atoms with Crippen molar-refractivity contribution >= 4 is 55.7 Å². The van der Waals surface area contributed by atoms with Crippen LogP contribution < -0.4 is 9.80 Å². The molecule has 11 aromatic carbocycles. The highest BCUT2D eigenvalue weighted by molar-refractivity contribution is 6.14. The van der Waals surface area contributed by atoms with Gasteiger partial charge in [-0.2, -0.15) is 0 Å². The number of para-hydroxylation sites is 1. The summed E-state index contributed by atoms with van der Waals surface area (Å²) < 4.78 is 0. The van der Waals surface area contributed by atoms with Gasteiger partial charge in [0.25, 0.3) is 0 Å². The molecule has 11 aromatic rings. The fraction of sp³-hybridized carbons (Fsp3) is 0. The molecule has 0 saturated heterocycles. The summed E-state index contributed by atoms with van der Waals surface area (Å²) in [5, 5.41) is 4.95. The van der Waals surface area contributed by atoms with Crippen molar-refractivity contribution in [3.05, 3.63) is 267 Å². The van der Waals surface area contributed by atoms with Gasteiger partial charge in [-0.05, 0) is 133 Å². The van der Waals surface area contributed by atoms with E-state index in [0.717, 1.165) is 45.3 Å². The SMILES string of the molecule is c1ccc(-c2ccc(N(c3ccc(-c4ccc(N(c5ccccc5)c5cc6ccccc6c6ccccc56)cc4)cc3)c3ccc(-c4cccc(-c5ccccc5)c4)cc3)cc2)cc1. The highest BCUT2D eigenvalue weighted by Gasteiger charge is 2.18. The Morgan fingerprint density at radius 3 is 1.02 bits per heavy atom. The van der Waals surface area contributed by atoms with Gasteiger partial charge in [-0.1, -0.05) is 194 Å². The fourth-order valence-electron chi connectivity index (χ4n) is 9.02. The van der Waals surface area contributed by atoms with E-state index in [0.29, 0.717) is 0 Å². The molecule has 0 spiro atoms. The minimum Gasteiger partial charge on any atom is -0.311 e. The third-order valence-electron chi connectivity index (χ3n) is 12.2. The lowest BCUT2D eigenvalue weighted by Crippen LogP contribution is -2.10. The van der Waals surface area contributed by atoms with Gasteiger partial charge in [0.15, 0.2) is 0 Å². The van der Waals surface area contributed by atoms with Gasteiger partial charge in [0.2, 0.25) is 0 Å². The Kier molecular flexibility index (Phi) is 10.3. The average molecular weight is 817 g/mol. The Bertz CT molecular complexity index is 3330. The molecule has 0 bridgehead atoms. The summed E-state index contributed by atoms with van der Waals surface area (Å²) in [4.78, 5) is 4.73. The van der Waals surface area contributed by atoms with E-state index in [-0.39, 0.29) is 0 Å². The Balaban J connectivity index is 0.930. The molecule has 0 aliphatic heterocycles. The zero-order valence-corrected chi connectivity index (χ0v) is 35.3. The molecule has 0 fully saturated rings. The zero-order valence-electron chi connectivity index (χ0n) is 35.3. The smallest absolute Gasteiger partial charge is 0.0546 e. The van der Waals surface area contributed by atoms with Gasteiger partial charge in [0.05, 0.1) is 5.69 Å². The van der Waals surface area contributed by atoms with E-state index in [1.807, 2.05) is 0 Å². The maximum atomic E-state index is 2.38. The normalized spacial score (nSPS) is 11.1. The van der Waals surface area contributed by atoms with Gasteiger partial charge in [0.1, 0.15) is 0 Å². The summed E-state index contributed by atoms with van der Waals surface area (Å²) in [7, 11) is 0. The molecule has 0 atom stereocenters. The van der Waals surface area contributed by atoms with Crippen LogP contribution in [0.2, 0.25) is 0 Å². The lowest BCUT2D eigenvalue weighted by Gasteiger charge is -2.28. The van der Waals surface area contributed by atoms with Gasteiger partial charge < -0.3 is 9.80 Å². The Morgan fingerprint density at radius 1 is 0.188 bits per heavy atom. The van der Waals surface area contributed by atoms with Gasteiger partial charge in [-0.15, -0.1) is 0 Å². The molecule has 2 heteroatoms. The molecule has 0 aliphatic carbocycles. The van der Waals surface area contributed by atoms with E-state index in [2.05, 4.69) is 277 Å². The molecule has 2 nitrogen and oxygen atoms in total. The summed E-state index contributed by atoms with van der Waals surface area (Å²) in [6.07, 6.45) is 0. The predicted octanol–water partition coefficient (Wildman–Crippen LogP) is 17.6. The van der Waals surface area contributed by atoms with E-state index in [1.54, 1.807) is 0 Å². The van der Waals surface area contributed by atoms with E-state index in [1.165, 1.54) is 54.9 Å². The van der Waals surface area contributed by atoms with Gasteiger partial charge in [-0.3, -0.25) is 0 Å². The van der Waals surface area contributed by atoms with Crippen LogP contribution in [0, 0.1) is 0 Å². The molecule has 0 radical (unpaired) electrons. The number of benzene rings is 11. The van der Waals surface area contributed by atoms with Crippen molar-refractivity contribution in [2.75, 3.05) is 9.80 Å². The lowest BCUT2D eigenvalue weighted by atomic mass is 9.98. The summed E-state index contributed by atoms with van der Waals surface area (Å²) in [5.41, 5.74) is 16.2. The zero-order chi connectivity index (χ0) is 42.7. The van der Waals surface area contributed by atoms with Crippen LogP contribution in [0.15, 0.2) is 267 Å². The summed E-state index contributed by atoms with van der Waals surface area (Å²) in [6.45, 7) is 0. The maximum absolute atomic E-state index is 2.38. The number of fused-ring (bicyclic) bond motifs is 3. The first-order chi connectivity index (χ1) is 31.7. The van der Waals surface area contributed by atoms with Crippen LogP contribution >= 0.6 is 0 Å². The second-order valence-corrected chi connectivity index (χ2v) is 16.2. The first-order valence-electron chi connectivity index (χ1n) is 21.9. The number of hydrogen-bond donors (Lipinski definition) is 0. The van der Waals surface area contributed by atoms with Gasteiger partial charge >= 0.3 is 0 Å². The maximum Gasteiger partial charge on any atom is 0.0546 e. The molecule has 0 N–H and O–H groups in total. The summed E-state index contributed by atoms with van der Waals surface area (Å²) >= 11 is 0. The molecule has 0 unspecified atom stereocenters. The van der Waals surface area contributed by atoms with Gasteiger partial charge in [-0.25, -0.2) is 0 Å².